The summed E-state index contributed by atoms with van der Waals surface area (Å²) in [4.78, 5) is 25.4. The molecule has 5 nitrogen and oxygen atoms in total. The molecule has 0 unspecified atom stereocenters. The average molecular weight is 328 g/mol. The number of carbonyl (C=O) groups excluding carboxylic acids is 2. The first kappa shape index (κ1) is 16.0. The van der Waals surface area contributed by atoms with Crippen LogP contribution in [-0.4, -0.2) is 31.5 Å². The quantitative estimate of drug-likeness (QED) is 0.881. The van der Waals surface area contributed by atoms with E-state index in [1.54, 1.807) is 11.0 Å². The summed E-state index contributed by atoms with van der Waals surface area (Å²) in [6.45, 7) is 0.529. The lowest BCUT2D eigenvalue weighted by Crippen LogP contribution is -2.38. The zero-order chi connectivity index (χ0) is 16.9. The minimum absolute atomic E-state index is 0.0291. The molecular weight excluding hydrogens is 311 g/mol. The number of amides is 2. The Balaban J connectivity index is 1.45. The summed E-state index contributed by atoms with van der Waals surface area (Å²) in [7, 11) is 0. The van der Waals surface area contributed by atoms with Crippen LogP contribution >= 0.6 is 0 Å². The van der Waals surface area contributed by atoms with Crippen molar-refractivity contribution in [2.75, 3.05) is 24.6 Å². The SMILES string of the molecule is O=C(COc1cccc(F)c1)NCCN1C(=O)Cc2ccccc21. The van der Waals surface area contributed by atoms with Crippen LogP contribution in [0.3, 0.4) is 0 Å². The Bertz CT molecular complexity index is 763. The summed E-state index contributed by atoms with van der Waals surface area (Å²) in [5, 5.41) is 2.69. The maximum absolute atomic E-state index is 13.0. The Morgan fingerprint density at radius 3 is 2.88 bits per heavy atom. The highest BCUT2D eigenvalue weighted by Gasteiger charge is 2.26. The van der Waals surface area contributed by atoms with Crippen LogP contribution in [-0.2, 0) is 16.0 Å². The molecule has 24 heavy (non-hydrogen) atoms. The smallest absolute Gasteiger partial charge is 0.258 e. The van der Waals surface area contributed by atoms with Crippen LogP contribution in [0.25, 0.3) is 0 Å². The molecule has 0 radical (unpaired) electrons. The number of fused-ring (bicyclic) bond motifs is 1. The van der Waals surface area contributed by atoms with Crippen molar-refractivity contribution >= 4 is 17.5 Å². The van der Waals surface area contributed by atoms with E-state index in [1.807, 2.05) is 24.3 Å². The third-order valence-corrected chi connectivity index (χ3v) is 3.75. The van der Waals surface area contributed by atoms with Crippen LogP contribution in [0.1, 0.15) is 5.56 Å². The first-order valence-corrected chi connectivity index (χ1v) is 7.67. The van der Waals surface area contributed by atoms with Crippen LogP contribution in [0.15, 0.2) is 48.5 Å². The lowest BCUT2D eigenvalue weighted by atomic mass is 10.2. The number of halogens is 1. The van der Waals surface area contributed by atoms with Gasteiger partial charge in [-0.1, -0.05) is 24.3 Å². The predicted octanol–water partition coefficient (Wildman–Crippen LogP) is 1.91. The summed E-state index contributed by atoms with van der Waals surface area (Å²) in [6, 6.07) is 13.2. The van der Waals surface area contributed by atoms with Gasteiger partial charge >= 0.3 is 0 Å². The number of ether oxygens (including phenoxy) is 1. The highest BCUT2D eigenvalue weighted by atomic mass is 19.1. The van der Waals surface area contributed by atoms with Gasteiger partial charge in [0.25, 0.3) is 5.91 Å². The van der Waals surface area contributed by atoms with Gasteiger partial charge in [-0.25, -0.2) is 4.39 Å². The van der Waals surface area contributed by atoms with Crippen molar-refractivity contribution in [3.8, 4) is 5.75 Å². The van der Waals surface area contributed by atoms with Gasteiger partial charge < -0.3 is 15.0 Å². The molecular formula is C18H17FN2O3. The summed E-state index contributed by atoms with van der Waals surface area (Å²) < 4.78 is 18.2. The molecule has 0 saturated heterocycles. The Morgan fingerprint density at radius 2 is 2.04 bits per heavy atom. The van der Waals surface area contributed by atoms with Gasteiger partial charge in [-0.3, -0.25) is 9.59 Å². The van der Waals surface area contributed by atoms with Crippen LogP contribution in [0.4, 0.5) is 10.1 Å². The zero-order valence-corrected chi connectivity index (χ0v) is 13.0. The molecule has 6 heteroatoms. The predicted molar refractivity (Wildman–Crippen MR) is 87.4 cm³/mol. The third kappa shape index (κ3) is 3.71. The normalized spacial score (nSPS) is 12.9. The first-order chi connectivity index (χ1) is 11.6. The Labute approximate surface area is 139 Å². The van der Waals surface area contributed by atoms with Gasteiger partial charge in [0, 0.05) is 24.8 Å². The highest BCUT2D eigenvalue weighted by molar-refractivity contribution is 6.01. The molecule has 0 saturated carbocycles. The van der Waals surface area contributed by atoms with Crippen LogP contribution in [0, 0.1) is 5.82 Å². The fourth-order valence-corrected chi connectivity index (χ4v) is 2.63. The van der Waals surface area contributed by atoms with E-state index < -0.39 is 5.82 Å². The van der Waals surface area contributed by atoms with Crippen molar-refractivity contribution in [2.24, 2.45) is 0 Å². The molecule has 0 fully saturated rings. The second-order valence-corrected chi connectivity index (χ2v) is 5.45. The monoisotopic (exact) mass is 328 g/mol. The van der Waals surface area contributed by atoms with Crippen molar-refractivity contribution in [3.63, 3.8) is 0 Å². The van der Waals surface area contributed by atoms with E-state index in [-0.39, 0.29) is 18.4 Å². The molecule has 0 spiro atoms. The number of anilines is 1. The number of nitrogens with one attached hydrogen (secondary N) is 1. The number of benzene rings is 2. The van der Waals surface area contributed by atoms with Gasteiger partial charge in [-0.15, -0.1) is 0 Å². The topological polar surface area (TPSA) is 58.6 Å². The maximum Gasteiger partial charge on any atom is 0.258 e. The van der Waals surface area contributed by atoms with E-state index in [0.29, 0.717) is 25.3 Å². The number of hydrogen-bond acceptors (Lipinski definition) is 3. The molecule has 124 valence electrons. The lowest BCUT2D eigenvalue weighted by molar-refractivity contribution is -0.123. The molecule has 0 atom stereocenters. The van der Waals surface area contributed by atoms with Crippen LogP contribution < -0.4 is 15.0 Å². The van der Waals surface area contributed by atoms with Crippen LogP contribution in [0.2, 0.25) is 0 Å². The van der Waals surface area contributed by atoms with E-state index in [0.717, 1.165) is 11.3 Å². The minimum Gasteiger partial charge on any atom is -0.484 e. The number of rotatable bonds is 6. The second kappa shape index (κ2) is 7.12. The molecule has 1 N–H and O–H groups in total. The fourth-order valence-electron chi connectivity index (χ4n) is 2.63. The first-order valence-electron chi connectivity index (χ1n) is 7.67. The van der Waals surface area contributed by atoms with Gasteiger partial charge in [0.15, 0.2) is 6.61 Å². The van der Waals surface area contributed by atoms with Crippen molar-refractivity contribution in [2.45, 2.75) is 6.42 Å². The summed E-state index contributed by atoms with van der Waals surface area (Å²) in [5.74, 6) is -0.409. The van der Waals surface area contributed by atoms with Gasteiger partial charge in [0.1, 0.15) is 11.6 Å². The molecule has 1 aliphatic heterocycles. The zero-order valence-electron chi connectivity index (χ0n) is 13.0. The van der Waals surface area contributed by atoms with Crippen molar-refractivity contribution in [3.05, 3.63) is 59.9 Å². The Kier molecular flexibility index (Phi) is 4.74. The lowest BCUT2D eigenvalue weighted by Gasteiger charge is -2.17. The van der Waals surface area contributed by atoms with Gasteiger partial charge in [-0.05, 0) is 23.8 Å². The van der Waals surface area contributed by atoms with Gasteiger partial charge in [0.05, 0.1) is 6.42 Å². The standard InChI is InChI=1S/C18H17FN2O3/c19-14-5-3-6-15(11-14)24-12-17(22)20-8-9-21-16-7-2-1-4-13(16)10-18(21)23/h1-7,11H,8-10,12H2,(H,20,22). The largest absolute Gasteiger partial charge is 0.484 e. The van der Waals surface area contributed by atoms with E-state index in [9.17, 15) is 14.0 Å². The third-order valence-electron chi connectivity index (χ3n) is 3.75. The number of carbonyl (C=O) groups is 2. The second-order valence-electron chi connectivity index (χ2n) is 5.45. The molecule has 1 heterocycles. The van der Waals surface area contributed by atoms with E-state index in [1.165, 1.54) is 18.2 Å². The number of nitrogens with zero attached hydrogens (tertiary/aromatic N) is 1. The molecule has 3 rings (SSSR count). The molecule has 2 aromatic carbocycles. The molecule has 0 aromatic heterocycles. The van der Waals surface area contributed by atoms with Crippen molar-refractivity contribution < 1.29 is 18.7 Å². The maximum atomic E-state index is 13.0. The molecule has 2 aromatic rings. The molecule has 2 amide bonds. The average Bonchev–Trinajstić information content (AvgIpc) is 2.89. The van der Waals surface area contributed by atoms with Gasteiger partial charge in [0.2, 0.25) is 5.91 Å². The fraction of sp³-hybridized carbons (Fsp3) is 0.222. The van der Waals surface area contributed by atoms with Crippen molar-refractivity contribution in [1.82, 2.24) is 5.32 Å². The highest BCUT2D eigenvalue weighted by Crippen LogP contribution is 2.27. The summed E-state index contributed by atoms with van der Waals surface area (Å²) >= 11 is 0. The summed E-state index contributed by atoms with van der Waals surface area (Å²) in [6.07, 6.45) is 0.396. The number of para-hydroxylation sites is 1. The summed E-state index contributed by atoms with van der Waals surface area (Å²) in [5.41, 5.74) is 1.90. The Hall–Kier alpha value is -2.89. The van der Waals surface area contributed by atoms with Crippen molar-refractivity contribution in [1.29, 1.82) is 0 Å². The Morgan fingerprint density at radius 1 is 1.21 bits per heavy atom. The van der Waals surface area contributed by atoms with E-state index >= 15 is 0 Å². The van der Waals surface area contributed by atoms with Crippen LogP contribution in [0.5, 0.6) is 5.75 Å². The molecule has 0 aliphatic carbocycles. The van der Waals surface area contributed by atoms with Gasteiger partial charge in [-0.2, -0.15) is 0 Å². The van der Waals surface area contributed by atoms with E-state index in [2.05, 4.69) is 5.32 Å². The molecule has 0 bridgehead atoms. The molecule has 1 aliphatic rings. The number of hydrogen-bond donors (Lipinski definition) is 1. The van der Waals surface area contributed by atoms with E-state index in [4.69, 9.17) is 4.74 Å². The minimum atomic E-state index is -0.417.